The zero-order valence-electron chi connectivity index (χ0n) is 11.8. The molecule has 3 nitrogen and oxygen atoms in total. The number of aryl methyl sites for hydroxylation is 2. The largest absolute Gasteiger partial charge is 0.378 e. The number of nitrogens with two attached hydrogens (primary N) is 1. The lowest BCUT2D eigenvalue weighted by atomic mass is 10.1. The zero-order valence-corrected chi connectivity index (χ0v) is 11.8. The number of nitrogens with one attached hydrogen (secondary N) is 1. The summed E-state index contributed by atoms with van der Waals surface area (Å²) in [6.07, 6.45) is 1.82. The third-order valence-electron chi connectivity index (χ3n) is 4.02. The molecule has 3 N–H and O–H groups in total. The fourth-order valence-electron chi connectivity index (χ4n) is 2.90. The Morgan fingerprint density at radius 3 is 2.81 bits per heavy atom. The van der Waals surface area contributed by atoms with Crippen molar-refractivity contribution in [3.05, 3.63) is 64.5 Å². The SMILES string of the molecule is Cc1cc(C(N)=O)ccc1NC1CCc2cc(F)ccc21. The summed E-state index contributed by atoms with van der Waals surface area (Å²) in [5.41, 5.74) is 9.95. The van der Waals surface area contributed by atoms with E-state index >= 15 is 0 Å². The molecule has 3 rings (SSSR count). The van der Waals surface area contributed by atoms with E-state index < -0.39 is 5.91 Å². The number of halogens is 1. The van der Waals surface area contributed by atoms with Gasteiger partial charge in [0.15, 0.2) is 0 Å². The van der Waals surface area contributed by atoms with E-state index in [4.69, 9.17) is 5.73 Å². The van der Waals surface area contributed by atoms with Crippen LogP contribution >= 0.6 is 0 Å². The van der Waals surface area contributed by atoms with Crippen LogP contribution < -0.4 is 11.1 Å². The second-order valence-electron chi connectivity index (χ2n) is 5.47. The third-order valence-corrected chi connectivity index (χ3v) is 4.02. The Bertz CT molecular complexity index is 712. The number of primary amides is 1. The van der Waals surface area contributed by atoms with E-state index in [9.17, 15) is 9.18 Å². The summed E-state index contributed by atoms with van der Waals surface area (Å²) < 4.78 is 13.2. The molecule has 2 aromatic carbocycles. The molecule has 0 heterocycles. The lowest BCUT2D eigenvalue weighted by Crippen LogP contribution is -2.12. The van der Waals surface area contributed by atoms with Crippen molar-refractivity contribution >= 4 is 11.6 Å². The van der Waals surface area contributed by atoms with Crippen molar-refractivity contribution in [2.45, 2.75) is 25.8 Å². The molecular formula is C17H17FN2O. The first-order valence-corrected chi connectivity index (χ1v) is 7.00. The van der Waals surface area contributed by atoms with E-state index in [1.54, 1.807) is 18.2 Å². The predicted molar refractivity (Wildman–Crippen MR) is 80.8 cm³/mol. The number of carbonyl (C=O) groups excluding carboxylic acids is 1. The average Bonchev–Trinajstić information content (AvgIpc) is 2.83. The lowest BCUT2D eigenvalue weighted by Gasteiger charge is -2.18. The fraction of sp³-hybridized carbons (Fsp3) is 0.235. The number of rotatable bonds is 3. The molecule has 4 heteroatoms. The highest BCUT2D eigenvalue weighted by Gasteiger charge is 2.23. The standard InChI is InChI=1S/C17H17FN2O/c1-10-8-12(17(19)21)3-6-15(10)20-16-7-2-11-9-13(18)4-5-14(11)16/h3-6,8-9,16,20H,2,7H2,1H3,(H2,19,21). The molecule has 2 aromatic rings. The molecule has 1 aliphatic rings. The molecular weight excluding hydrogens is 267 g/mol. The molecule has 1 aliphatic carbocycles. The second kappa shape index (κ2) is 5.20. The minimum Gasteiger partial charge on any atom is -0.378 e. The topological polar surface area (TPSA) is 55.1 Å². The Morgan fingerprint density at radius 1 is 1.29 bits per heavy atom. The van der Waals surface area contributed by atoms with Crippen molar-refractivity contribution in [2.75, 3.05) is 5.32 Å². The van der Waals surface area contributed by atoms with Gasteiger partial charge in [0.1, 0.15) is 5.82 Å². The Kier molecular flexibility index (Phi) is 3.37. The lowest BCUT2D eigenvalue weighted by molar-refractivity contribution is 0.1000. The van der Waals surface area contributed by atoms with Crippen LogP contribution in [0, 0.1) is 12.7 Å². The number of benzene rings is 2. The Balaban J connectivity index is 1.84. The molecule has 21 heavy (non-hydrogen) atoms. The third kappa shape index (κ3) is 2.61. The van der Waals surface area contributed by atoms with Gasteiger partial charge in [-0.2, -0.15) is 0 Å². The molecule has 0 spiro atoms. The summed E-state index contributed by atoms with van der Waals surface area (Å²) in [5.74, 6) is -0.609. The fourth-order valence-corrected chi connectivity index (χ4v) is 2.90. The smallest absolute Gasteiger partial charge is 0.248 e. The van der Waals surface area contributed by atoms with E-state index in [1.807, 2.05) is 19.1 Å². The van der Waals surface area contributed by atoms with Gasteiger partial charge in [-0.25, -0.2) is 4.39 Å². The Hall–Kier alpha value is -2.36. The monoisotopic (exact) mass is 284 g/mol. The van der Waals surface area contributed by atoms with Crippen LogP contribution in [0.5, 0.6) is 0 Å². The maximum atomic E-state index is 13.2. The van der Waals surface area contributed by atoms with E-state index in [0.717, 1.165) is 35.2 Å². The van der Waals surface area contributed by atoms with Crippen molar-refractivity contribution in [1.82, 2.24) is 0 Å². The van der Waals surface area contributed by atoms with Crippen molar-refractivity contribution < 1.29 is 9.18 Å². The molecule has 0 aliphatic heterocycles. The number of hydrogen-bond acceptors (Lipinski definition) is 2. The first-order valence-electron chi connectivity index (χ1n) is 7.00. The van der Waals surface area contributed by atoms with E-state index in [2.05, 4.69) is 5.32 Å². The predicted octanol–water partition coefficient (Wildman–Crippen LogP) is 3.33. The van der Waals surface area contributed by atoms with Crippen LogP contribution in [-0.2, 0) is 6.42 Å². The number of amides is 1. The van der Waals surface area contributed by atoms with Crippen molar-refractivity contribution in [3.8, 4) is 0 Å². The van der Waals surface area contributed by atoms with Crippen molar-refractivity contribution in [3.63, 3.8) is 0 Å². The van der Waals surface area contributed by atoms with Crippen molar-refractivity contribution in [1.29, 1.82) is 0 Å². The highest BCUT2D eigenvalue weighted by Crippen LogP contribution is 2.35. The van der Waals surface area contributed by atoms with Crippen molar-refractivity contribution in [2.24, 2.45) is 5.73 Å². The zero-order chi connectivity index (χ0) is 15.0. The maximum Gasteiger partial charge on any atom is 0.248 e. The molecule has 1 atom stereocenters. The van der Waals surface area contributed by atoms with Gasteiger partial charge in [0.25, 0.3) is 0 Å². The summed E-state index contributed by atoms with van der Waals surface area (Å²) in [6.45, 7) is 1.94. The highest BCUT2D eigenvalue weighted by atomic mass is 19.1. The van der Waals surface area contributed by atoms with Gasteiger partial charge in [-0.05, 0) is 66.8 Å². The minimum absolute atomic E-state index is 0.179. The van der Waals surface area contributed by atoms with E-state index in [1.165, 1.54) is 6.07 Å². The second-order valence-corrected chi connectivity index (χ2v) is 5.47. The molecule has 0 radical (unpaired) electrons. The molecule has 0 saturated heterocycles. The molecule has 0 saturated carbocycles. The Labute approximate surface area is 123 Å². The molecule has 1 unspecified atom stereocenters. The molecule has 0 bridgehead atoms. The molecule has 0 fully saturated rings. The highest BCUT2D eigenvalue weighted by molar-refractivity contribution is 5.93. The number of anilines is 1. The average molecular weight is 284 g/mol. The van der Waals surface area contributed by atoms with Gasteiger partial charge in [0, 0.05) is 11.3 Å². The van der Waals surface area contributed by atoms with Gasteiger partial charge in [-0.3, -0.25) is 4.79 Å². The summed E-state index contributed by atoms with van der Waals surface area (Å²) in [4.78, 5) is 11.2. The first-order chi connectivity index (χ1) is 10.0. The van der Waals surface area contributed by atoms with Gasteiger partial charge >= 0.3 is 0 Å². The molecule has 1 amide bonds. The van der Waals surface area contributed by atoms with Crippen LogP contribution in [-0.4, -0.2) is 5.91 Å². The maximum absolute atomic E-state index is 13.2. The van der Waals surface area contributed by atoms with Gasteiger partial charge in [-0.1, -0.05) is 6.07 Å². The Morgan fingerprint density at radius 2 is 2.10 bits per heavy atom. The van der Waals surface area contributed by atoms with Gasteiger partial charge in [-0.15, -0.1) is 0 Å². The van der Waals surface area contributed by atoms with Crippen LogP contribution in [0.25, 0.3) is 0 Å². The summed E-state index contributed by atoms with van der Waals surface area (Å²) >= 11 is 0. The summed E-state index contributed by atoms with van der Waals surface area (Å²) in [6, 6.07) is 10.5. The summed E-state index contributed by atoms with van der Waals surface area (Å²) in [7, 11) is 0. The van der Waals surface area contributed by atoms with Crippen LogP contribution in [0.1, 0.15) is 39.5 Å². The number of hydrogen-bond donors (Lipinski definition) is 2. The van der Waals surface area contributed by atoms with E-state index in [0.29, 0.717) is 5.56 Å². The van der Waals surface area contributed by atoms with Crippen LogP contribution in [0.3, 0.4) is 0 Å². The van der Waals surface area contributed by atoms with Crippen LogP contribution in [0.4, 0.5) is 10.1 Å². The van der Waals surface area contributed by atoms with Crippen LogP contribution in [0.15, 0.2) is 36.4 Å². The van der Waals surface area contributed by atoms with E-state index in [-0.39, 0.29) is 11.9 Å². The minimum atomic E-state index is -0.425. The summed E-state index contributed by atoms with van der Waals surface area (Å²) in [5, 5.41) is 3.48. The van der Waals surface area contributed by atoms with Crippen LogP contribution in [0.2, 0.25) is 0 Å². The number of fused-ring (bicyclic) bond motifs is 1. The molecule has 108 valence electrons. The normalized spacial score (nSPS) is 16.6. The number of carbonyl (C=O) groups is 1. The first kappa shape index (κ1) is 13.6. The quantitative estimate of drug-likeness (QED) is 0.908. The van der Waals surface area contributed by atoms with Gasteiger partial charge < -0.3 is 11.1 Å². The van der Waals surface area contributed by atoms with Gasteiger partial charge in [0.2, 0.25) is 5.91 Å². The van der Waals surface area contributed by atoms with Gasteiger partial charge in [0.05, 0.1) is 6.04 Å². The molecule has 0 aromatic heterocycles.